The zero-order valence-electron chi connectivity index (χ0n) is 10.3. The minimum absolute atomic E-state index is 0.147. The number of nitrogens with zero attached hydrogens (tertiary/aromatic N) is 3. The number of rotatable bonds is 2. The summed E-state index contributed by atoms with van der Waals surface area (Å²) in [5, 5.41) is 3.90. The lowest BCUT2D eigenvalue weighted by molar-refractivity contribution is 0.574. The van der Waals surface area contributed by atoms with Crippen molar-refractivity contribution in [3.8, 4) is 16.8 Å². The third-order valence-corrected chi connectivity index (χ3v) is 2.90. The van der Waals surface area contributed by atoms with Crippen LogP contribution in [0.1, 0.15) is 0 Å². The van der Waals surface area contributed by atoms with Crippen molar-refractivity contribution in [2.24, 2.45) is 0 Å². The van der Waals surface area contributed by atoms with Crippen LogP contribution in [0.25, 0.3) is 16.8 Å². The maximum absolute atomic E-state index is 14.1. The van der Waals surface area contributed by atoms with Crippen LogP contribution in [0.15, 0.2) is 49.1 Å². The van der Waals surface area contributed by atoms with Crippen molar-refractivity contribution in [1.82, 2.24) is 14.8 Å². The van der Waals surface area contributed by atoms with Crippen molar-refractivity contribution in [3.05, 3.63) is 60.7 Å². The van der Waals surface area contributed by atoms with Gasteiger partial charge in [-0.1, -0.05) is 12.1 Å². The van der Waals surface area contributed by atoms with Crippen LogP contribution in [0.3, 0.4) is 0 Å². The molecule has 2 N–H and O–H groups in total. The summed E-state index contributed by atoms with van der Waals surface area (Å²) in [6.45, 7) is 0. The van der Waals surface area contributed by atoms with Gasteiger partial charge in [0.15, 0.2) is 5.82 Å². The Morgan fingerprint density at radius 1 is 1.05 bits per heavy atom. The van der Waals surface area contributed by atoms with Gasteiger partial charge in [-0.15, -0.1) is 0 Å². The highest BCUT2D eigenvalue weighted by Gasteiger charge is 2.15. The van der Waals surface area contributed by atoms with E-state index >= 15 is 0 Å². The number of hydrogen-bond acceptors (Lipinski definition) is 3. The van der Waals surface area contributed by atoms with E-state index < -0.39 is 11.6 Å². The van der Waals surface area contributed by atoms with E-state index in [2.05, 4.69) is 10.1 Å². The van der Waals surface area contributed by atoms with Crippen LogP contribution in [0.4, 0.5) is 14.5 Å². The first kappa shape index (κ1) is 12.3. The lowest BCUT2D eigenvalue weighted by Crippen LogP contribution is -2.02. The Morgan fingerprint density at radius 3 is 2.45 bits per heavy atom. The van der Waals surface area contributed by atoms with Crippen molar-refractivity contribution >= 4 is 5.69 Å². The molecule has 3 rings (SSSR count). The zero-order valence-corrected chi connectivity index (χ0v) is 10.3. The summed E-state index contributed by atoms with van der Waals surface area (Å²) >= 11 is 0. The van der Waals surface area contributed by atoms with Crippen LogP contribution in [-0.2, 0) is 0 Å². The number of anilines is 1. The van der Waals surface area contributed by atoms with Crippen molar-refractivity contribution in [2.45, 2.75) is 0 Å². The van der Waals surface area contributed by atoms with E-state index in [1.807, 2.05) is 0 Å². The third-order valence-electron chi connectivity index (χ3n) is 2.90. The summed E-state index contributed by atoms with van der Waals surface area (Å²) in [5.41, 5.74) is 7.37. The third kappa shape index (κ3) is 2.11. The molecule has 0 aliphatic carbocycles. The molecular formula is C14H10F2N4. The molecule has 0 saturated heterocycles. The number of nitrogen functional groups attached to an aromatic ring is 1. The quantitative estimate of drug-likeness (QED) is 0.730. The van der Waals surface area contributed by atoms with Crippen LogP contribution in [0, 0.1) is 11.6 Å². The monoisotopic (exact) mass is 272 g/mol. The Balaban J connectivity index is 2.26. The summed E-state index contributed by atoms with van der Waals surface area (Å²) < 4.78 is 28.9. The number of benzene rings is 2. The zero-order chi connectivity index (χ0) is 14.1. The van der Waals surface area contributed by atoms with Crippen LogP contribution in [0.2, 0.25) is 0 Å². The molecule has 6 heteroatoms. The lowest BCUT2D eigenvalue weighted by Gasteiger charge is -2.11. The molecule has 0 fully saturated rings. The van der Waals surface area contributed by atoms with E-state index in [4.69, 9.17) is 5.73 Å². The average molecular weight is 272 g/mol. The van der Waals surface area contributed by atoms with Crippen molar-refractivity contribution in [2.75, 3.05) is 5.73 Å². The molecule has 100 valence electrons. The van der Waals surface area contributed by atoms with Gasteiger partial charge in [0.05, 0.1) is 0 Å². The minimum atomic E-state index is -0.706. The summed E-state index contributed by atoms with van der Waals surface area (Å²) in [5.74, 6) is -1.36. The Bertz CT molecular complexity index is 737. The summed E-state index contributed by atoms with van der Waals surface area (Å²) in [4.78, 5) is 3.78. The van der Waals surface area contributed by atoms with E-state index in [-0.39, 0.29) is 5.69 Å². The highest BCUT2D eigenvalue weighted by Crippen LogP contribution is 2.30. The van der Waals surface area contributed by atoms with Crippen molar-refractivity contribution in [1.29, 1.82) is 0 Å². The average Bonchev–Trinajstić information content (AvgIpc) is 2.92. The van der Waals surface area contributed by atoms with Crippen molar-refractivity contribution in [3.63, 3.8) is 0 Å². The van der Waals surface area contributed by atoms with Crippen LogP contribution in [0.5, 0.6) is 0 Å². The molecule has 0 unspecified atom stereocenters. The van der Waals surface area contributed by atoms with Gasteiger partial charge >= 0.3 is 0 Å². The molecule has 0 radical (unpaired) electrons. The Morgan fingerprint density at radius 2 is 1.80 bits per heavy atom. The minimum Gasteiger partial charge on any atom is -0.399 e. The molecule has 1 heterocycles. The summed E-state index contributed by atoms with van der Waals surface area (Å²) in [6, 6.07) is 8.81. The highest BCUT2D eigenvalue weighted by molar-refractivity contribution is 5.74. The molecule has 1 aromatic heterocycles. The smallest absolute Gasteiger partial charge is 0.152 e. The number of halogens is 2. The second-order valence-corrected chi connectivity index (χ2v) is 4.25. The molecule has 0 saturated carbocycles. The molecule has 0 bridgehead atoms. The maximum Gasteiger partial charge on any atom is 0.152 e. The van der Waals surface area contributed by atoms with Gasteiger partial charge in [0.1, 0.15) is 24.2 Å². The Hall–Kier alpha value is -2.76. The first-order valence-electron chi connectivity index (χ1n) is 5.85. The normalized spacial score (nSPS) is 10.7. The molecule has 0 spiro atoms. The molecule has 0 amide bonds. The Labute approximate surface area is 113 Å². The van der Waals surface area contributed by atoms with Gasteiger partial charge in [-0.3, -0.25) is 0 Å². The topological polar surface area (TPSA) is 56.7 Å². The standard InChI is InChI=1S/C14H10F2N4/c15-10-5-12(9-1-3-11(17)4-2-9)14(13(16)6-10)20-8-18-7-19-20/h1-8H,17H2. The molecule has 0 aliphatic heterocycles. The molecule has 3 aromatic rings. The van der Waals surface area contributed by atoms with Gasteiger partial charge in [-0.05, 0) is 23.8 Å². The van der Waals surface area contributed by atoms with E-state index in [9.17, 15) is 8.78 Å². The molecule has 4 nitrogen and oxygen atoms in total. The van der Waals surface area contributed by atoms with Crippen molar-refractivity contribution < 1.29 is 8.78 Å². The SMILES string of the molecule is Nc1ccc(-c2cc(F)cc(F)c2-n2cncn2)cc1. The lowest BCUT2D eigenvalue weighted by atomic mass is 10.0. The molecule has 0 atom stereocenters. The first-order valence-corrected chi connectivity index (χ1v) is 5.85. The van der Waals surface area contributed by atoms with Crippen LogP contribution < -0.4 is 5.73 Å². The number of aromatic nitrogens is 3. The van der Waals surface area contributed by atoms with E-state index in [1.54, 1.807) is 24.3 Å². The fourth-order valence-corrected chi connectivity index (χ4v) is 2.01. The predicted molar refractivity (Wildman–Crippen MR) is 71.1 cm³/mol. The van der Waals surface area contributed by atoms with Gasteiger partial charge in [0.2, 0.25) is 0 Å². The van der Waals surface area contributed by atoms with E-state index in [1.165, 1.54) is 23.4 Å². The summed E-state index contributed by atoms with van der Waals surface area (Å²) in [6.07, 6.45) is 2.65. The Kier molecular flexibility index (Phi) is 2.90. The highest BCUT2D eigenvalue weighted by atomic mass is 19.1. The fourth-order valence-electron chi connectivity index (χ4n) is 2.01. The maximum atomic E-state index is 14.1. The summed E-state index contributed by atoms with van der Waals surface area (Å²) in [7, 11) is 0. The fraction of sp³-hybridized carbons (Fsp3) is 0. The van der Waals surface area contributed by atoms with Gasteiger partial charge in [0, 0.05) is 17.3 Å². The van der Waals surface area contributed by atoms with Gasteiger partial charge in [-0.25, -0.2) is 18.4 Å². The number of hydrogen-bond donors (Lipinski definition) is 1. The van der Waals surface area contributed by atoms with Gasteiger partial charge in [-0.2, -0.15) is 5.10 Å². The van der Waals surface area contributed by atoms with Gasteiger partial charge in [0.25, 0.3) is 0 Å². The van der Waals surface area contributed by atoms with E-state index in [0.717, 1.165) is 6.07 Å². The second kappa shape index (κ2) is 4.73. The molecule has 2 aromatic carbocycles. The molecule has 0 aliphatic rings. The number of nitrogens with two attached hydrogens (primary N) is 1. The van der Waals surface area contributed by atoms with Crippen LogP contribution in [-0.4, -0.2) is 14.8 Å². The molecular weight excluding hydrogens is 262 g/mol. The molecule has 20 heavy (non-hydrogen) atoms. The second-order valence-electron chi connectivity index (χ2n) is 4.25. The van der Waals surface area contributed by atoms with Gasteiger partial charge < -0.3 is 5.73 Å². The largest absolute Gasteiger partial charge is 0.399 e. The first-order chi connectivity index (χ1) is 9.65. The van der Waals surface area contributed by atoms with E-state index in [0.29, 0.717) is 16.8 Å². The predicted octanol–water partition coefficient (Wildman–Crippen LogP) is 2.79. The van der Waals surface area contributed by atoms with Crippen LogP contribution >= 0.6 is 0 Å².